The number of piperidine rings is 1. The lowest BCUT2D eigenvalue weighted by Gasteiger charge is -2.37. The van der Waals surface area contributed by atoms with Crippen molar-refractivity contribution in [2.24, 2.45) is 0 Å². The number of carboxylic acid groups (broad SMARTS) is 1. The van der Waals surface area contributed by atoms with Crippen molar-refractivity contribution in [2.45, 2.75) is 25.4 Å². The minimum absolute atomic E-state index is 0.207. The summed E-state index contributed by atoms with van der Waals surface area (Å²) in [5.74, 6) is -1.98. The molecule has 5 nitrogen and oxygen atoms in total. The van der Waals surface area contributed by atoms with Gasteiger partial charge < -0.3 is 20.8 Å². The van der Waals surface area contributed by atoms with E-state index in [1.807, 2.05) is 4.90 Å². The average Bonchev–Trinajstić information content (AvgIpc) is 2.32. The summed E-state index contributed by atoms with van der Waals surface area (Å²) in [7, 11) is 0. The van der Waals surface area contributed by atoms with E-state index < -0.39 is 17.4 Å². The summed E-state index contributed by atoms with van der Waals surface area (Å²) in [5.41, 5.74) is 4.63. The number of benzene rings is 1. The van der Waals surface area contributed by atoms with Crippen molar-refractivity contribution in [3.8, 4) is 0 Å². The van der Waals surface area contributed by atoms with E-state index in [0.29, 0.717) is 31.6 Å². The predicted molar refractivity (Wildman–Crippen MR) is 69.8 cm³/mol. The average molecular weight is 268 g/mol. The Morgan fingerprint density at radius 2 is 2.00 bits per heavy atom. The van der Waals surface area contributed by atoms with Gasteiger partial charge in [-0.2, -0.15) is 0 Å². The van der Waals surface area contributed by atoms with Gasteiger partial charge >= 0.3 is 5.97 Å². The molecule has 1 aromatic carbocycles. The highest BCUT2D eigenvalue weighted by Crippen LogP contribution is 2.32. The summed E-state index contributed by atoms with van der Waals surface area (Å²) in [4.78, 5) is 13.1. The van der Waals surface area contributed by atoms with Crippen molar-refractivity contribution in [1.82, 2.24) is 0 Å². The number of carboxylic acids is 1. The van der Waals surface area contributed by atoms with Gasteiger partial charge in [-0.25, -0.2) is 9.18 Å². The second-order valence-corrected chi connectivity index (χ2v) is 5.14. The quantitative estimate of drug-likeness (QED) is 0.707. The minimum Gasteiger partial charge on any atom is -0.478 e. The lowest BCUT2D eigenvalue weighted by Crippen LogP contribution is -2.43. The number of rotatable bonds is 2. The molecule has 1 saturated heterocycles. The predicted octanol–water partition coefficient (Wildman–Crippen LogP) is 1.46. The van der Waals surface area contributed by atoms with Gasteiger partial charge in [0.25, 0.3) is 0 Å². The van der Waals surface area contributed by atoms with Crippen LogP contribution < -0.4 is 10.6 Å². The molecule has 1 aliphatic rings. The summed E-state index contributed by atoms with van der Waals surface area (Å²) in [5, 5.41) is 19.1. The van der Waals surface area contributed by atoms with Crippen LogP contribution in [0.3, 0.4) is 0 Å². The third kappa shape index (κ3) is 2.63. The minimum atomic E-state index is -1.25. The van der Waals surface area contributed by atoms with Crippen LogP contribution >= 0.6 is 0 Å². The van der Waals surface area contributed by atoms with E-state index in [2.05, 4.69) is 0 Å². The SMILES string of the molecule is CC1(O)CCN(c2ccc(F)c(N)c2C(=O)O)CC1. The molecule has 0 aromatic heterocycles. The first kappa shape index (κ1) is 13.6. The van der Waals surface area contributed by atoms with Crippen LogP contribution in [0.25, 0.3) is 0 Å². The van der Waals surface area contributed by atoms with Crippen molar-refractivity contribution in [3.05, 3.63) is 23.5 Å². The van der Waals surface area contributed by atoms with E-state index in [1.165, 1.54) is 12.1 Å². The number of aliphatic hydroxyl groups is 1. The van der Waals surface area contributed by atoms with Crippen molar-refractivity contribution in [3.63, 3.8) is 0 Å². The number of aromatic carboxylic acids is 1. The summed E-state index contributed by atoms with van der Waals surface area (Å²) in [6.07, 6.45) is 1.06. The van der Waals surface area contributed by atoms with Gasteiger partial charge in [0, 0.05) is 13.1 Å². The number of anilines is 2. The standard InChI is InChI=1S/C13H17FN2O3/c1-13(19)4-6-16(7-5-13)9-3-2-8(14)11(15)10(9)12(17)18/h2-3,19H,4-7,15H2,1H3,(H,17,18). The molecule has 1 heterocycles. The van der Waals surface area contributed by atoms with Gasteiger partial charge in [0.05, 0.1) is 17.0 Å². The molecule has 1 aliphatic heterocycles. The van der Waals surface area contributed by atoms with Crippen LogP contribution in [-0.2, 0) is 0 Å². The number of carbonyl (C=O) groups is 1. The molecule has 0 saturated carbocycles. The molecular formula is C13H17FN2O3. The number of nitrogens with two attached hydrogens (primary N) is 1. The summed E-state index contributed by atoms with van der Waals surface area (Å²) >= 11 is 0. The van der Waals surface area contributed by atoms with Crippen LogP contribution in [0.15, 0.2) is 12.1 Å². The third-order valence-corrected chi connectivity index (χ3v) is 3.57. The first-order valence-electron chi connectivity index (χ1n) is 6.10. The van der Waals surface area contributed by atoms with Gasteiger partial charge in [-0.05, 0) is 31.9 Å². The largest absolute Gasteiger partial charge is 0.478 e. The van der Waals surface area contributed by atoms with E-state index >= 15 is 0 Å². The van der Waals surface area contributed by atoms with Gasteiger partial charge in [-0.3, -0.25) is 0 Å². The lowest BCUT2D eigenvalue weighted by atomic mass is 9.93. The molecule has 0 atom stereocenters. The molecule has 6 heteroatoms. The molecule has 0 bridgehead atoms. The van der Waals surface area contributed by atoms with Gasteiger partial charge in [0.1, 0.15) is 11.4 Å². The van der Waals surface area contributed by atoms with Crippen LogP contribution in [0.5, 0.6) is 0 Å². The van der Waals surface area contributed by atoms with Gasteiger partial charge in [-0.15, -0.1) is 0 Å². The van der Waals surface area contributed by atoms with E-state index in [1.54, 1.807) is 6.92 Å². The Bertz CT molecular complexity index is 507. The van der Waals surface area contributed by atoms with E-state index in [4.69, 9.17) is 5.73 Å². The maximum atomic E-state index is 13.4. The molecule has 4 N–H and O–H groups in total. The lowest BCUT2D eigenvalue weighted by molar-refractivity contribution is 0.0351. The summed E-state index contributed by atoms with van der Waals surface area (Å²) in [6, 6.07) is 2.60. The smallest absolute Gasteiger partial charge is 0.340 e. The van der Waals surface area contributed by atoms with Crippen LogP contribution in [-0.4, -0.2) is 34.9 Å². The topological polar surface area (TPSA) is 86.8 Å². The zero-order chi connectivity index (χ0) is 14.2. The van der Waals surface area contributed by atoms with Gasteiger partial charge in [0.2, 0.25) is 0 Å². The number of nitrogens with zero attached hydrogens (tertiary/aromatic N) is 1. The molecule has 1 aromatic rings. The Labute approximate surface area is 110 Å². The Hall–Kier alpha value is -1.82. The molecule has 0 spiro atoms. The second-order valence-electron chi connectivity index (χ2n) is 5.14. The number of halogens is 1. The molecule has 2 rings (SSSR count). The highest BCUT2D eigenvalue weighted by molar-refractivity contribution is 6.00. The Kier molecular flexibility index (Phi) is 3.36. The van der Waals surface area contributed by atoms with Crippen LogP contribution in [0.4, 0.5) is 15.8 Å². The van der Waals surface area contributed by atoms with Crippen LogP contribution in [0.1, 0.15) is 30.1 Å². The zero-order valence-corrected chi connectivity index (χ0v) is 10.7. The maximum Gasteiger partial charge on any atom is 0.340 e. The number of hydrogen-bond donors (Lipinski definition) is 3. The van der Waals surface area contributed by atoms with Crippen LogP contribution in [0.2, 0.25) is 0 Å². The summed E-state index contributed by atoms with van der Waals surface area (Å²) in [6.45, 7) is 2.78. The van der Waals surface area contributed by atoms with Crippen molar-refractivity contribution < 1.29 is 19.4 Å². The Balaban J connectivity index is 2.36. The summed E-state index contributed by atoms with van der Waals surface area (Å²) < 4.78 is 13.4. The molecule has 0 amide bonds. The monoisotopic (exact) mass is 268 g/mol. The number of hydrogen-bond acceptors (Lipinski definition) is 4. The fraction of sp³-hybridized carbons (Fsp3) is 0.462. The first-order valence-corrected chi connectivity index (χ1v) is 6.10. The van der Waals surface area contributed by atoms with E-state index in [0.717, 1.165) is 0 Å². The van der Waals surface area contributed by atoms with Gasteiger partial charge in [0.15, 0.2) is 0 Å². The van der Waals surface area contributed by atoms with Gasteiger partial charge in [-0.1, -0.05) is 0 Å². The van der Waals surface area contributed by atoms with Crippen LogP contribution in [0, 0.1) is 5.82 Å². The third-order valence-electron chi connectivity index (χ3n) is 3.57. The van der Waals surface area contributed by atoms with Crippen molar-refractivity contribution in [1.29, 1.82) is 0 Å². The molecule has 19 heavy (non-hydrogen) atoms. The molecule has 1 fully saturated rings. The second kappa shape index (κ2) is 4.70. The molecule has 0 unspecified atom stereocenters. The van der Waals surface area contributed by atoms with E-state index in [-0.39, 0.29) is 11.3 Å². The molecule has 0 radical (unpaired) electrons. The number of nitrogen functional groups attached to an aromatic ring is 1. The fourth-order valence-corrected chi connectivity index (χ4v) is 2.30. The Morgan fingerprint density at radius 3 is 2.53 bits per heavy atom. The van der Waals surface area contributed by atoms with E-state index in [9.17, 15) is 19.4 Å². The highest BCUT2D eigenvalue weighted by Gasteiger charge is 2.30. The normalized spacial score (nSPS) is 18.4. The highest BCUT2D eigenvalue weighted by atomic mass is 19.1. The first-order chi connectivity index (χ1) is 8.82. The fourth-order valence-electron chi connectivity index (χ4n) is 2.30. The molecular weight excluding hydrogens is 251 g/mol. The zero-order valence-electron chi connectivity index (χ0n) is 10.7. The van der Waals surface area contributed by atoms with Crippen molar-refractivity contribution >= 4 is 17.3 Å². The molecule has 0 aliphatic carbocycles. The molecule has 104 valence electrons. The maximum absolute atomic E-state index is 13.4. The van der Waals surface area contributed by atoms with Crippen molar-refractivity contribution in [2.75, 3.05) is 23.7 Å². The Morgan fingerprint density at radius 1 is 1.42 bits per heavy atom.